The molecule has 3 N–H and O–H groups in total. The van der Waals surface area contributed by atoms with Crippen LogP contribution in [0.25, 0.3) is 0 Å². The van der Waals surface area contributed by atoms with E-state index in [1.165, 1.54) is 0 Å². The number of hydrogen-bond acceptors (Lipinski definition) is 3. The van der Waals surface area contributed by atoms with Gasteiger partial charge in [-0.15, -0.1) is 0 Å². The molecular weight excluding hydrogens is 192 g/mol. The summed E-state index contributed by atoms with van der Waals surface area (Å²) in [4.78, 5) is 10.5. The van der Waals surface area contributed by atoms with Gasteiger partial charge in [-0.25, -0.2) is 0 Å². The molecule has 5 nitrogen and oxygen atoms in total. The SMILES string of the molecule is CC(C)n1cc(CNCCC(N)=O)cn1. The minimum Gasteiger partial charge on any atom is -0.370 e. The molecule has 5 heteroatoms. The monoisotopic (exact) mass is 210 g/mol. The van der Waals surface area contributed by atoms with Crippen LogP contribution < -0.4 is 11.1 Å². The maximum absolute atomic E-state index is 10.5. The van der Waals surface area contributed by atoms with Crippen molar-refractivity contribution in [3.8, 4) is 0 Å². The van der Waals surface area contributed by atoms with Crippen LogP contribution in [0.5, 0.6) is 0 Å². The van der Waals surface area contributed by atoms with Gasteiger partial charge in [0.05, 0.1) is 6.20 Å². The van der Waals surface area contributed by atoms with Gasteiger partial charge in [-0.1, -0.05) is 0 Å². The summed E-state index contributed by atoms with van der Waals surface area (Å²) < 4.78 is 1.91. The van der Waals surface area contributed by atoms with Crippen molar-refractivity contribution in [3.05, 3.63) is 18.0 Å². The van der Waals surface area contributed by atoms with Crippen LogP contribution in [0.2, 0.25) is 0 Å². The molecule has 0 fully saturated rings. The van der Waals surface area contributed by atoms with E-state index >= 15 is 0 Å². The zero-order valence-electron chi connectivity index (χ0n) is 9.23. The molecule has 0 radical (unpaired) electrons. The highest BCUT2D eigenvalue weighted by Gasteiger charge is 2.01. The van der Waals surface area contributed by atoms with Crippen LogP contribution in [0, 0.1) is 0 Å². The predicted molar refractivity (Wildman–Crippen MR) is 58.1 cm³/mol. The Morgan fingerprint density at radius 2 is 2.40 bits per heavy atom. The third-order valence-corrected chi connectivity index (χ3v) is 2.06. The summed E-state index contributed by atoms with van der Waals surface area (Å²) in [6.45, 7) is 5.50. The number of nitrogens with one attached hydrogen (secondary N) is 1. The second-order valence-electron chi connectivity index (χ2n) is 3.82. The Hall–Kier alpha value is -1.36. The Balaban J connectivity index is 2.28. The highest BCUT2D eigenvalue weighted by molar-refractivity contribution is 5.73. The van der Waals surface area contributed by atoms with E-state index in [1.54, 1.807) is 0 Å². The van der Waals surface area contributed by atoms with Crippen molar-refractivity contribution in [2.75, 3.05) is 6.54 Å². The van der Waals surface area contributed by atoms with Crippen molar-refractivity contribution >= 4 is 5.91 Å². The molecule has 0 aliphatic rings. The first kappa shape index (κ1) is 11.7. The number of rotatable bonds is 6. The summed E-state index contributed by atoms with van der Waals surface area (Å²) in [5.41, 5.74) is 6.14. The molecule has 0 saturated carbocycles. The fourth-order valence-corrected chi connectivity index (χ4v) is 1.20. The quantitative estimate of drug-likeness (QED) is 0.669. The normalized spacial score (nSPS) is 10.9. The lowest BCUT2D eigenvalue weighted by atomic mass is 10.3. The number of carbonyl (C=O) groups is 1. The van der Waals surface area contributed by atoms with E-state index in [4.69, 9.17) is 5.73 Å². The molecule has 0 unspecified atom stereocenters. The lowest BCUT2D eigenvalue weighted by Crippen LogP contribution is -2.21. The van der Waals surface area contributed by atoms with Gasteiger partial charge in [0.15, 0.2) is 0 Å². The molecule has 84 valence electrons. The topological polar surface area (TPSA) is 72.9 Å². The Morgan fingerprint density at radius 3 is 2.93 bits per heavy atom. The largest absolute Gasteiger partial charge is 0.370 e. The Labute approximate surface area is 89.6 Å². The van der Waals surface area contributed by atoms with Gasteiger partial charge < -0.3 is 11.1 Å². The minimum atomic E-state index is -0.277. The second kappa shape index (κ2) is 5.50. The summed E-state index contributed by atoms with van der Waals surface area (Å²) in [5.74, 6) is -0.277. The zero-order chi connectivity index (χ0) is 11.3. The molecule has 1 aromatic rings. The third-order valence-electron chi connectivity index (χ3n) is 2.06. The molecule has 0 spiro atoms. The van der Waals surface area contributed by atoms with Crippen molar-refractivity contribution in [1.82, 2.24) is 15.1 Å². The van der Waals surface area contributed by atoms with E-state index < -0.39 is 0 Å². The number of nitrogens with zero attached hydrogens (tertiary/aromatic N) is 2. The molecule has 1 rings (SSSR count). The van der Waals surface area contributed by atoms with Crippen molar-refractivity contribution in [2.45, 2.75) is 32.9 Å². The summed E-state index contributed by atoms with van der Waals surface area (Å²) in [5, 5.41) is 7.35. The van der Waals surface area contributed by atoms with Gasteiger partial charge in [0.1, 0.15) is 0 Å². The Kier molecular flexibility index (Phi) is 4.30. The molecule has 0 atom stereocenters. The van der Waals surface area contributed by atoms with Gasteiger partial charge in [-0.2, -0.15) is 5.10 Å². The lowest BCUT2D eigenvalue weighted by Gasteiger charge is -2.03. The summed E-state index contributed by atoms with van der Waals surface area (Å²) in [6, 6.07) is 0.379. The molecule has 0 aliphatic carbocycles. The van der Waals surface area contributed by atoms with E-state index in [-0.39, 0.29) is 5.91 Å². The number of carbonyl (C=O) groups excluding carboxylic acids is 1. The first-order valence-corrected chi connectivity index (χ1v) is 5.11. The van der Waals surface area contributed by atoms with E-state index in [0.717, 1.165) is 12.1 Å². The molecule has 0 bridgehead atoms. The highest BCUT2D eigenvalue weighted by atomic mass is 16.1. The van der Waals surface area contributed by atoms with E-state index in [1.807, 2.05) is 17.1 Å². The van der Waals surface area contributed by atoms with Gasteiger partial charge in [-0.05, 0) is 13.8 Å². The summed E-state index contributed by atoms with van der Waals surface area (Å²) >= 11 is 0. The number of hydrogen-bond donors (Lipinski definition) is 2. The fraction of sp³-hybridized carbons (Fsp3) is 0.600. The van der Waals surface area contributed by atoms with Crippen LogP contribution >= 0.6 is 0 Å². The van der Waals surface area contributed by atoms with Crippen molar-refractivity contribution in [1.29, 1.82) is 0 Å². The van der Waals surface area contributed by atoms with Crippen LogP contribution in [0.4, 0.5) is 0 Å². The van der Waals surface area contributed by atoms with E-state index in [0.29, 0.717) is 19.0 Å². The zero-order valence-corrected chi connectivity index (χ0v) is 9.23. The maximum atomic E-state index is 10.5. The molecule has 1 amide bonds. The second-order valence-corrected chi connectivity index (χ2v) is 3.82. The average molecular weight is 210 g/mol. The first-order chi connectivity index (χ1) is 7.09. The van der Waals surface area contributed by atoms with Crippen molar-refractivity contribution < 1.29 is 4.79 Å². The molecule has 0 aliphatic heterocycles. The lowest BCUT2D eigenvalue weighted by molar-refractivity contribution is -0.117. The first-order valence-electron chi connectivity index (χ1n) is 5.11. The summed E-state index contributed by atoms with van der Waals surface area (Å²) in [6.07, 6.45) is 4.21. The molecule has 1 aromatic heterocycles. The average Bonchev–Trinajstić information content (AvgIpc) is 2.60. The van der Waals surface area contributed by atoms with Gasteiger partial charge >= 0.3 is 0 Å². The molecule has 0 aromatic carbocycles. The van der Waals surface area contributed by atoms with Crippen LogP contribution in [-0.2, 0) is 11.3 Å². The number of nitrogens with two attached hydrogens (primary N) is 1. The van der Waals surface area contributed by atoms with Gasteiger partial charge in [0.25, 0.3) is 0 Å². The van der Waals surface area contributed by atoms with Crippen LogP contribution in [-0.4, -0.2) is 22.2 Å². The van der Waals surface area contributed by atoms with Gasteiger partial charge in [0.2, 0.25) is 5.91 Å². The van der Waals surface area contributed by atoms with Crippen LogP contribution in [0.3, 0.4) is 0 Å². The Morgan fingerprint density at radius 1 is 1.67 bits per heavy atom. The van der Waals surface area contributed by atoms with Crippen LogP contribution in [0.15, 0.2) is 12.4 Å². The molecular formula is C10H18N4O. The van der Waals surface area contributed by atoms with Gasteiger partial charge in [-0.3, -0.25) is 9.48 Å². The Bertz CT molecular complexity index is 319. The smallest absolute Gasteiger partial charge is 0.218 e. The van der Waals surface area contributed by atoms with E-state index in [2.05, 4.69) is 24.3 Å². The minimum absolute atomic E-state index is 0.277. The fourth-order valence-electron chi connectivity index (χ4n) is 1.20. The molecule has 1 heterocycles. The molecule has 0 saturated heterocycles. The summed E-state index contributed by atoms with van der Waals surface area (Å²) in [7, 11) is 0. The van der Waals surface area contributed by atoms with E-state index in [9.17, 15) is 4.79 Å². The molecule has 15 heavy (non-hydrogen) atoms. The van der Waals surface area contributed by atoms with Crippen molar-refractivity contribution in [2.24, 2.45) is 5.73 Å². The van der Waals surface area contributed by atoms with Crippen LogP contribution in [0.1, 0.15) is 31.9 Å². The standard InChI is InChI=1S/C10H18N4O/c1-8(2)14-7-9(6-13-14)5-12-4-3-10(11)15/h6-8,12H,3-5H2,1-2H3,(H2,11,15). The highest BCUT2D eigenvalue weighted by Crippen LogP contribution is 2.04. The van der Waals surface area contributed by atoms with Crippen molar-refractivity contribution in [3.63, 3.8) is 0 Å². The number of aromatic nitrogens is 2. The number of primary amides is 1. The maximum Gasteiger partial charge on any atom is 0.218 e. The predicted octanol–water partition coefficient (Wildman–Crippen LogP) is 0.429. The third kappa shape index (κ3) is 4.12. The number of amides is 1. The van der Waals surface area contributed by atoms with Gasteiger partial charge in [0, 0.05) is 37.3 Å².